The van der Waals surface area contributed by atoms with Gasteiger partial charge in [0, 0.05) is 12.8 Å². The standard InChI is InChI=1S/C17H18Cl2N4O4/c18-14-6-5-13(17(25)27-12-4-2-1-3-11(24)9-12)15(19)16(14)26-8-7-23-21-10-20-22-23/h5-6,10,12H,1-4,7-9H2. The highest BCUT2D eigenvalue weighted by Gasteiger charge is 2.24. The lowest BCUT2D eigenvalue weighted by Gasteiger charge is -2.17. The van der Waals surface area contributed by atoms with Gasteiger partial charge in [-0.15, -0.1) is 10.2 Å². The van der Waals surface area contributed by atoms with E-state index in [-0.39, 0.29) is 40.2 Å². The Hall–Kier alpha value is -2.19. The Kier molecular flexibility index (Phi) is 6.63. The number of esters is 1. The number of ketones is 1. The smallest absolute Gasteiger partial charge is 0.340 e. The zero-order valence-corrected chi connectivity index (χ0v) is 15.9. The van der Waals surface area contributed by atoms with Crippen LogP contribution in [0.15, 0.2) is 18.5 Å². The van der Waals surface area contributed by atoms with Crippen molar-refractivity contribution in [3.63, 3.8) is 0 Å². The molecule has 3 rings (SSSR count). The third-order valence-corrected chi connectivity index (χ3v) is 4.83. The van der Waals surface area contributed by atoms with Gasteiger partial charge in [-0.1, -0.05) is 23.2 Å². The summed E-state index contributed by atoms with van der Waals surface area (Å²) in [6, 6.07) is 3.00. The highest BCUT2D eigenvalue weighted by atomic mass is 35.5. The molecule has 0 bridgehead atoms. The molecule has 1 aromatic heterocycles. The quantitative estimate of drug-likeness (QED) is 0.530. The van der Waals surface area contributed by atoms with Gasteiger partial charge in [0.1, 0.15) is 18.5 Å². The molecule has 1 aliphatic carbocycles. The predicted molar refractivity (Wildman–Crippen MR) is 97.1 cm³/mol. The summed E-state index contributed by atoms with van der Waals surface area (Å²) < 4.78 is 11.1. The van der Waals surface area contributed by atoms with Gasteiger partial charge in [0.05, 0.1) is 22.2 Å². The normalized spacial score (nSPS) is 17.4. The third-order valence-electron chi connectivity index (χ3n) is 4.16. The lowest BCUT2D eigenvalue weighted by molar-refractivity contribution is -0.120. The first-order chi connectivity index (χ1) is 13.0. The van der Waals surface area contributed by atoms with Gasteiger partial charge in [-0.05, 0) is 36.6 Å². The first kappa shape index (κ1) is 19.6. The van der Waals surface area contributed by atoms with Crippen molar-refractivity contribution in [2.75, 3.05) is 6.61 Å². The molecule has 0 saturated heterocycles. The van der Waals surface area contributed by atoms with E-state index >= 15 is 0 Å². The van der Waals surface area contributed by atoms with Gasteiger partial charge in [-0.25, -0.2) is 4.79 Å². The number of halogens is 2. The van der Waals surface area contributed by atoms with E-state index in [1.807, 2.05) is 0 Å². The van der Waals surface area contributed by atoms with Crippen molar-refractivity contribution >= 4 is 35.0 Å². The van der Waals surface area contributed by atoms with Crippen LogP contribution in [0.2, 0.25) is 10.0 Å². The van der Waals surface area contributed by atoms with Gasteiger partial charge in [0.25, 0.3) is 0 Å². The van der Waals surface area contributed by atoms with Crippen LogP contribution in [0, 0.1) is 0 Å². The largest absolute Gasteiger partial charge is 0.488 e. The molecular weight excluding hydrogens is 395 g/mol. The fourth-order valence-electron chi connectivity index (χ4n) is 2.81. The van der Waals surface area contributed by atoms with Gasteiger partial charge in [0.2, 0.25) is 0 Å². The van der Waals surface area contributed by atoms with Crippen molar-refractivity contribution in [2.45, 2.75) is 44.8 Å². The van der Waals surface area contributed by atoms with E-state index in [4.69, 9.17) is 32.7 Å². The first-order valence-electron chi connectivity index (χ1n) is 8.59. The number of nitrogens with zero attached hydrogens (tertiary/aromatic N) is 4. The maximum Gasteiger partial charge on any atom is 0.340 e. The highest BCUT2D eigenvalue weighted by Crippen LogP contribution is 2.36. The van der Waals surface area contributed by atoms with Crippen molar-refractivity contribution in [1.29, 1.82) is 0 Å². The van der Waals surface area contributed by atoms with Crippen molar-refractivity contribution in [2.24, 2.45) is 0 Å². The van der Waals surface area contributed by atoms with Gasteiger partial charge in [0.15, 0.2) is 12.1 Å². The Balaban J connectivity index is 1.67. The molecule has 1 fully saturated rings. The molecule has 144 valence electrons. The zero-order chi connectivity index (χ0) is 19.2. The summed E-state index contributed by atoms with van der Waals surface area (Å²) in [6.07, 6.45) is 4.00. The molecule has 0 radical (unpaired) electrons. The minimum atomic E-state index is -0.598. The molecular formula is C17H18Cl2N4O4. The van der Waals surface area contributed by atoms with E-state index in [9.17, 15) is 9.59 Å². The second kappa shape index (κ2) is 9.14. The van der Waals surface area contributed by atoms with Crippen LogP contribution in [-0.2, 0) is 16.1 Å². The summed E-state index contributed by atoms with van der Waals surface area (Å²) in [7, 11) is 0. The summed E-state index contributed by atoms with van der Waals surface area (Å²) in [4.78, 5) is 25.6. The summed E-state index contributed by atoms with van der Waals surface area (Å²) in [5.41, 5.74) is 0.145. The number of aromatic nitrogens is 4. The number of hydrogen-bond donors (Lipinski definition) is 0. The Labute approximate surface area is 165 Å². The van der Waals surface area contributed by atoms with Crippen LogP contribution in [0.3, 0.4) is 0 Å². The van der Waals surface area contributed by atoms with E-state index < -0.39 is 12.1 Å². The topological polar surface area (TPSA) is 96.2 Å². The van der Waals surface area contributed by atoms with Crippen LogP contribution in [0.5, 0.6) is 5.75 Å². The van der Waals surface area contributed by atoms with E-state index in [0.717, 1.165) is 12.8 Å². The van der Waals surface area contributed by atoms with Crippen molar-refractivity contribution in [1.82, 2.24) is 20.2 Å². The Morgan fingerprint density at radius 2 is 2.15 bits per heavy atom. The van der Waals surface area contributed by atoms with Crippen LogP contribution in [0.25, 0.3) is 0 Å². The Morgan fingerprint density at radius 3 is 2.93 bits per heavy atom. The molecule has 1 saturated carbocycles. The second-order valence-electron chi connectivity index (χ2n) is 6.13. The van der Waals surface area contributed by atoms with Gasteiger partial charge < -0.3 is 9.47 Å². The van der Waals surface area contributed by atoms with E-state index in [1.165, 1.54) is 23.3 Å². The molecule has 27 heavy (non-hydrogen) atoms. The van der Waals surface area contributed by atoms with Gasteiger partial charge in [-0.2, -0.15) is 4.80 Å². The maximum absolute atomic E-state index is 12.5. The summed E-state index contributed by atoms with van der Waals surface area (Å²) in [5.74, 6) is -0.303. The molecule has 1 aliphatic rings. The molecule has 8 nitrogen and oxygen atoms in total. The monoisotopic (exact) mass is 412 g/mol. The van der Waals surface area contributed by atoms with Gasteiger partial charge in [-0.3, -0.25) is 4.79 Å². The highest BCUT2D eigenvalue weighted by molar-refractivity contribution is 6.39. The number of hydrogen-bond acceptors (Lipinski definition) is 7. The SMILES string of the molecule is O=C1CCCCC(OC(=O)c2ccc(Cl)c(OCCn3ncnn3)c2Cl)C1. The van der Waals surface area contributed by atoms with Crippen molar-refractivity contribution in [3.8, 4) is 5.75 Å². The van der Waals surface area contributed by atoms with Crippen molar-refractivity contribution < 1.29 is 19.1 Å². The van der Waals surface area contributed by atoms with Crippen LogP contribution in [-0.4, -0.2) is 44.7 Å². The number of benzene rings is 1. The van der Waals surface area contributed by atoms with Crippen LogP contribution in [0.1, 0.15) is 42.5 Å². The Bertz CT molecular complexity index is 814. The van der Waals surface area contributed by atoms with Crippen LogP contribution < -0.4 is 4.74 Å². The molecule has 10 heteroatoms. The molecule has 0 aliphatic heterocycles. The minimum Gasteiger partial charge on any atom is -0.488 e. The molecule has 0 amide bonds. The second-order valence-corrected chi connectivity index (χ2v) is 6.92. The molecule has 2 aromatic rings. The fraction of sp³-hybridized carbons (Fsp3) is 0.471. The van der Waals surface area contributed by atoms with Crippen LogP contribution >= 0.6 is 23.2 Å². The number of ether oxygens (including phenoxy) is 2. The summed E-state index contributed by atoms with van der Waals surface area (Å²) >= 11 is 12.5. The molecule has 0 N–H and O–H groups in total. The van der Waals surface area contributed by atoms with E-state index in [0.29, 0.717) is 19.4 Å². The van der Waals surface area contributed by atoms with E-state index in [1.54, 1.807) is 0 Å². The van der Waals surface area contributed by atoms with Gasteiger partial charge >= 0.3 is 5.97 Å². The minimum absolute atomic E-state index is 0.0685. The average molecular weight is 413 g/mol. The summed E-state index contributed by atoms with van der Waals surface area (Å²) in [5, 5.41) is 11.5. The number of carbonyl (C=O) groups is 2. The number of tetrazole rings is 1. The summed E-state index contributed by atoms with van der Waals surface area (Å²) in [6.45, 7) is 0.525. The fourth-order valence-corrected chi connectivity index (χ4v) is 3.37. The predicted octanol–water partition coefficient (Wildman–Crippen LogP) is 3.12. The zero-order valence-electron chi connectivity index (χ0n) is 14.4. The lowest BCUT2D eigenvalue weighted by Crippen LogP contribution is -2.20. The molecule has 0 spiro atoms. The Morgan fingerprint density at radius 1 is 1.30 bits per heavy atom. The first-order valence-corrected chi connectivity index (χ1v) is 9.34. The molecule has 1 unspecified atom stereocenters. The maximum atomic E-state index is 12.5. The molecule has 1 heterocycles. The number of rotatable bonds is 6. The number of carbonyl (C=O) groups excluding carboxylic acids is 2. The molecule has 1 atom stereocenters. The van der Waals surface area contributed by atoms with E-state index in [2.05, 4.69) is 15.4 Å². The average Bonchev–Trinajstić information content (AvgIpc) is 3.06. The third kappa shape index (κ3) is 5.17. The molecule has 1 aromatic carbocycles. The lowest BCUT2D eigenvalue weighted by atomic mass is 10.1. The van der Waals surface area contributed by atoms with Crippen LogP contribution in [0.4, 0.5) is 0 Å². The number of Topliss-reactive ketones (excluding diaryl/α,β-unsaturated/α-hetero) is 1. The van der Waals surface area contributed by atoms with Crippen molar-refractivity contribution in [3.05, 3.63) is 34.1 Å².